The zero-order chi connectivity index (χ0) is 9.14. The summed E-state index contributed by atoms with van der Waals surface area (Å²) in [6.07, 6.45) is 2.99. The Hall–Kier alpha value is -0.360. The largest absolute Gasteiger partial charge is 0.259 e. The highest BCUT2D eigenvalue weighted by atomic mass is 32.2. The second-order valence-corrected chi connectivity index (χ2v) is 5.79. The molecule has 1 aliphatic rings. The van der Waals surface area contributed by atoms with Crippen LogP contribution in [0.3, 0.4) is 0 Å². The molecule has 3 atom stereocenters. The molecule has 1 aliphatic carbocycles. The Morgan fingerprint density at radius 2 is 2.17 bits per heavy atom. The average Bonchev–Trinajstić information content (AvgIpc) is 2.49. The molecule has 0 spiro atoms. The van der Waals surface area contributed by atoms with E-state index in [1.54, 1.807) is 0 Å². The van der Waals surface area contributed by atoms with E-state index in [2.05, 4.69) is 6.07 Å². The van der Waals surface area contributed by atoms with Crippen molar-refractivity contribution in [2.75, 3.05) is 0 Å². The Kier molecular flexibility index (Phi) is 3.28. The normalized spacial score (nSPS) is 31.8. The Labute approximate surface area is 76.4 Å². The summed E-state index contributed by atoms with van der Waals surface area (Å²) in [7, 11) is -0.800. The van der Waals surface area contributed by atoms with Crippen LogP contribution < -0.4 is 0 Å². The second-order valence-electron chi connectivity index (χ2n) is 3.58. The molecule has 3 heteroatoms. The monoisotopic (exact) mass is 185 g/mol. The van der Waals surface area contributed by atoms with Crippen LogP contribution >= 0.6 is 0 Å². The third-order valence-corrected chi connectivity index (χ3v) is 4.47. The van der Waals surface area contributed by atoms with E-state index in [9.17, 15) is 4.21 Å². The van der Waals surface area contributed by atoms with Crippen LogP contribution in [-0.2, 0) is 10.8 Å². The minimum atomic E-state index is -0.800. The first-order valence-electron chi connectivity index (χ1n) is 4.45. The fraction of sp³-hybridized carbons (Fsp3) is 0.889. The topological polar surface area (TPSA) is 40.9 Å². The molecule has 0 aromatic carbocycles. The van der Waals surface area contributed by atoms with Crippen LogP contribution in [0.5, 0.6) is 0 Å². The standard InChI is InChI=1S/C9H15NOS/c1-7(2)12(11)9-5-3-4-8(9)6-10/h7-9H,3-5H2,1-2H3. The lowest BCUT2D eigenvalue weighted by molar-refractivity contribution is 0.639. The van der Waals surface area contributed by atoms with Gasteiger partial charge in [0.05, 0.1) is 17.2 Å². The molecule has 0 aromatic rings. The molecule has 0 heterocycles. The molecular formula is C9H15NOS. The summed E-state index contributed by atoms with van der Waals surface area (Å²) in [5.41, 5.74) is 0. The first-order valence-corrected chi connectivity index (χ1v) is 5.73. The first kappa shape index (κ1) is 9.73. The maximum atomic E-state index is 11.7. The fourth-order valence-corrected chi connectivity index (χ4v) is 3.32. The van der Waals surface area contributed by atoms with Gasteiger partial charge in [0.2, 0.25) is 0 Å². The van der Waals surface area contributed by atoms with Crippen molar-refractivity contribution in [3.05, 3.63) is 0 Å². The molecule has 0 aliphatic heterocycles. The smallest absolute Gasteiger partial charge is 0.0668 e. The molecule has 0 amide bonds. The van der Waals surface area contributed by atoms with Gasteiger partial charge in [-0.2, -0.15) is 5.26 Å². The van der Waals surface area contributed by atoms with Crippen LogP contribution in [0.1, 0.15) is 33.1 Å². The number of nitrogens with zero attached hydrogens (tertiary/aromatic N) is 1. The van der Waals surface area contributed by atoms with Gasteiger partial charge >= 0.3 is 0 Å². The summed E-state index contributed by atoms with van der Waals surface area (Å²) in [5.74, 6) is 0.0493. The summed E-state index contributed by atoms with van der Waals surface area (Å²) in [6.45, 7) is 3.92. The Morgan fingerprint density at radius 1 is 1.50 bits per heavy atom. The highest BCUT2D eigenvalue weighted by Crippen LogP contribution is 2.30. The Morgan fingerprint density at radius 3 is 2.67 bits per heavy atom. The zero-order valence-corrected chi connectivity index (χ0v) is 8.43. The number of nitriles is 1. The van der Waals surface area contributed by atoms with Crippen molar-refractivity contribution in [3.8, 4) is 6.07 Å². The van der Waals surface area contributed by atoms with Gasteiger partial charge in [-0.3, -0.25) is 4.21 Å². The summed E-state index contributed by atoms with van der Waals surface area (Å²) < 4.78 is 11.7. The average molecular weight is 185 g/mol. The minimum Gasteiger partial charge on any atom is -0.259 e. The van der Waals surface area contributed by atoms with E-state index >= 15 is 0 Å². The van der Waals surface area contributed by atoms with Crippen LogP contribution in [0.2, 0.25) is 0 Å². The van der Waals surface area contributed by atoms with Gasteiger partial charge in [0.1, 0.15) is 0 Å². The lowest BCUT2D eigenvalue weighted by Gasteiger charge is -2.15. The number of hydrogen-bond acceptors (Lipinski definition) is 2. The van der Waals surface area contributed by atoms with Crippen LogP contribution in [-0.4, -0.2) is 14.7 Å². The van der Waals surface area contributed by atoms with Gasteiger partial charge in [-0.25, -0.2) is 0 Å². The maximum Gasteiger partial charge on any atom is 0.0668 e. The van der Waals surface area contributed by atoms with Gasteiger partial charge in [-0.15, -0.1) is 0 Å². The van der Waals surface area contributed by atoms with Gasteiger partial charge in [0, 0.05) is 16.0 Å². The van der Waals surface area contributed by atoms with Crippen molar-refractivity contribution >= 4 is 10.8 Å². The summed E-state index contributed by atoms with van der Waals surface area (Å²) in [5, 5.41) is 9.13. The number of rotatable bonds is 2. The van der Waals surface area contributed by atoms with E-state index in [1.165, 1.54) is 0 Å². The molecular weight excluding hydrogens is 170 g/mol. The molecule has 12 heavy (non-hydrogen) atoms. The molecule has 0 radical (unpaired) electrons. The lowest BCUT2D eigenvalue weighted by Crippen LogP contribution is -2.24. The molecule has 1 fully saturated rings. The predicted molar refractivity (Wildman–Crippen MR) is 50.0 cm³/mol. The van der Waals surface area contributed by atoms with Gasteiger partial charge in [0.15, 0.2) is 0 Å². The van der Waals surface area contributed by atoms with E-state index in [0.29, 0.717) is 0 Å². The number of hydrogen-bond donors (Lipinski definition) is 0. The van der Waals surface area contributed by atoms with Gasteiger partial charge in [-0.05, 0) is 12.8 Å². The van der Waals surface area contributed by atoms with Crippen molar-refractivity contribution in [1.29, 1.82) is 5.26 Å². The van der Waals surface area contributed by atoms with E-state index in [0.717, 1.165) is 19.3 Å². The Bertz CT molecular complexity index is 219. The van der Waals surface area contributed by atoms with Crippen molar-refractivity contribution in [3.63, 3.8) is 0 Å². The molecule has 2 nitrogen and oxygen atoms in total. The van der Waals surface area contributed by atoms with E-state index in [4.69, 9.17) is 5.26 Å². The predicted octanol–water partition coefficient (Wildman–Crippen LogP) is 1.84. The van der Waals surface area contributed by atoms with Crippen LogP contribution in [0.25, 0.3) is 0 Å². The third kappa shape index (κ3) is 1.87. The minimum absolute atomic E-state index is 0.0493. The molecule has 3 unspecified atom stereocenters. The summed E-state index contributed by atoms with van der Waals surface area (Å²) >= 11 is 0. The van der Waals surface area contributed by atoms with Crippen LogP contribution in [0, 0.1) is 17.2 Å². The molecule has 0 N–H and O–H groups in total. The fourth-order valence-electron chi connectivity index (χ4n) is 1.70. The molecule has 68 valence electrons. The van der Waals surface area contributed by atoms with E-state index in [1.807, 2.05) is 13.8 Å². The second kappa shape index (κ2) is 4.04. The Balaban J connectivity index is 2.63. The molecule has 0 saturated heterocycles. The SMILES string of the molecule is CC(C)S(=O)C1CCCC1C#N. The summed E-state index contributed by atoms with van der Waals surface area (Å²) in [6, 6.07) is 2.26. The van der Waals surface area contributed by atoms with Crippen molar-refractivity contribution in [2.45, 2.75) is 43.6 Å². The summed E-state index contributed by atoms with van der Waals surface area (Å²) in [4.78, 5) is 0. The maximum absolute atomic E-state index is 11.7. The molecule has 0 aromatic heterocycles. The molecule has 0 bridgehead atoms. The highest BCUT2D eigenvalue weighted by molar-refractivity contribution is 7.86. The van der Waals surface area contributed by atoms with Crippen molar-refractivity contribution < 1.29 is 4.21 Å². The highest BCUT2D eigenvalue weighted by Gasteiger charge is 2.32. The van der Waals surface area contributed by atoms with Gasteiger partial charge < -0.3 is 0 Å². The van der Waals surface area contributed by atoms with Crippen molar-refractivity contribution in [1.82, 2.24) is 0 Å². The van der Waals surface area contributed by atoms with Crippen LogP contribution in [0.15, 0.2) is 0 Å². The quantitative estimate of drug-likeness (QED) is 0.658. The van der Waals surface area contributed by atoms with Gasteiger partial charge in [0.25, 0.3) is 0 Å². The molecule has 1 saturated carbocycles. The molecule has 1 rings (SSSR count). The first-order chi connectivity index (χ1) is 5.66. The zero-order valence-electron chi connectivity index (χ0n) is 7.62. The van der Waals surface area contributed by atoms with E-state index < -0.39 is 10.8 Å². The third-order valence-electron chi connectivity index (χ3n) is 2.38. The van der Waals surface area contributed by atoms with Gasteiger partial charge in [-0.1, -0.05) is 20.3 Å². The van der Waals surface area contributed by atoms with Crippen LogP contribution in [0.4, 0.5) is 0 Å². The lowest BCUT2D eigenvalue weighted by atomic mass is 10.1. The van der Waals surface area contributed by atoms with Crippen molar-refractivity contribution in [2.24, 2.45) is 5.92 Å². The van der Waals surface area contributed by atoms with E-state index in [-0.39, 0.29) is 16.4 Å².